The monoisotopic (exact) mass is 273 g/mol. The van der Waals surface area contributed by atoms with Crippen LogP contribution in [0.4, 0.5) is 8.78 Å². The predicted molar refractivity (Wildman–Crippen MR) is 75.8 cm³/mol. The molecule has 0 radical (unpaired) electrons. The average Bonchev–Trinajstić information content (AvgIpc) is 2.40. The molecule has 20 heavy (non-hydrogen) atoms. The largest absolute Gasteiger partial charge is 0.315 e. The summed E-state index contributed by atoms with van der Waals surface area (Å²) in [6, 6.07) is 12.6. The molecule has 1 aliphatic heterocycles. The highest BCUT2D eigenvalue weighted by Crippen LogP contribution is 2.35. The van der Waals surface area contributed by atoms with Gasteiger partial charge in [-0.25, -0.2) is 8.78 Å². The van der Waals surface area contributed by atoms with Gasteiger partial charge in [-0.05, 0) is 36.1 Å². The van der Waals surface area contributed by atoms with E-state index in [4.69, 9.17) is 0 Å². The van der Waals surface area contributed by atoms with E-state index in [2.05, 4.69) is 24.4 Å². The summed E-state index contributed by atoms with van der Waals surface area (Å²) in [5.41, 5.74) is 2.75. The summed E-state index contributed by atoms with van der Waals surface area (Å²) in [7, 11) is 0. The minimum absolute atomic E-state index is 0.125. The molecule has 1 aliphatic rings. The van der Waals surface area contributed by atoms with Crippen LogP contribution in [0.25, 0.3) is 0 Å². The molecular formula is C17H17F2N. The van der Waals surface area contributed by atoms with Crippen molar-refractivity contribution < 1.29 is 8.78 Å². The molecule has 0 spiro atoms. The van der Waals surface area contributed by atoms with Crippen molar-refractivity contribution in [3.63, 3.8) is 0 Å². The molecule has 0 aromatic heterocycles. The van der Waals surface area contributed by atoms with Crippen LogP contribution in [0, 0.1) is 18.6 Å². The van der Waals surface area contributed by atoms with E-state index >= 15 is 0 Å². The Hall–Kier alpha value is -1.74. The zero-order chi connectivity index (χ0) is 14.2. The van der Waals surface area contributed by atoms with Gasteiger partial charge in [0.1, 0.15) is 0 Å². The van der Waals surface area contributed by atoms with Gasteiger partial charge < -0.3 is 5.32 Å². The molecule has 0 amide bonds. The predicted octanol–water partition coefficient (Wildman–Crippen LogP) is 3.36. The van der Waals surface area contributed by atoms with Crippen LogP contribution < -0.4 is 5.32 Å². The SMILES string of the molecule is Cc1ccccc1C1(Cc2cccc(F)c2F)CNC1. The highest BCUT2D eigenvalue weighted by Gasteiger charge is 2.40. The van der Waals surface area contributed by atoms with Crippen LogP contribution in [0.15, 0.2) is 42.5 Å². The number of rotatable bonds is 3. The zero-order valence-electron chi connectivity index (χ0n) is 11.4. The summed E-state index contributed by atoms with van der Waals surface area (Å²) in [6.07, 6.45) is 0.522. The first-order valence-electron chi connectivity index (χ1n) is 6.82. The summed E-state index contributed by atoms with van der Waals surface area (Å²) in [4.78, 5) is 0. The van der Waals surface area contributed by atoms with Gasteiger partial charge in [-0.2, -0.15) is 0 Å². The number of hydrogen-bond acceptors (Lipinski definition) is 1. The first-order valence-corrected chi connectivity index (χ1v) is 6.82. The summed E-state index contributed by atoms with van der Waals surface area (Å²) in [6.45, 7) is 3.67. The van der Waals surface area contributed by atoms with Crippen molar-refractivity contribution in [2.75, 3.05) is 13.1 Å². The van der Waals surface area contributed by atoms with Gasteiger partial charge in [0.25, 0.3) is 0 Å². The van der Waals surface area contributed by atoms with E-state index in [1.807, 2.05) is 12.1 Å². The Morgan fingerprint density at radius 3 is 2.45 bits per heavy atom. The van der Waals surface area contributed by atoms with Gasteiger partial charge in [-0.1, -0.05) is 36.4 Å². The lowest BCUT2D eigenvalue weighted by atomic mass is 9.69. The second-order valence-corrected chi connectivity index (χ2v) is 5.59. The van der Waals surface area contributed by atoms with Crippen molar-refractivity contribution in [2.24, 2.45) is 0 Å². The van der Waals surface area contributed by atoms with E-state index in [1.165, 1.54) is 11.1 Å². The first-order chi connectivity index (χ1) is 9.62. The smallest absolute Gasteiger partial charge is 0.162 e. The highest BCUT2D eigenvalue weighted by atomic mass is 19.2. The molecular weight excluding hydrogens is 256 g/mol. The molecule has 0 unspecified atom stereocenters. The fraction of sp³-hybridized carbons (Fsp3) is 0.294. The Balaban J connectivity index is 1.99. The molecule has 1 nitrogen and oxygen atoms in total. The van der Waals surface area contributed by atoms with Crippen LogP contribution in [-0.4, -0.2) is 13.1 Å². The van der Waals surface area contributed by atoms with Crippen molar-refractivity contribution in [1.82, 2.24) is 5.32 Å². The van der Waals surface area contributed by atoms with E-state index < -0.39 is 11.6 Å². The van der Waals surface area contributed by atoms with Crippen LogP contribution in [0.1, 0.15) is 16.7 Å². The normalized spacial score (nSPS) is 16.8. The number of halogens is 2. The Morgan fingerprint density at radius 1 is 1.05 bits per heavy atom. The Bertz CT molecular complexity index is 633. The fourth-order valence-electron chi connectivity index (χ4n) is 3.05. The topological polar surface area (TPSA) is 12.0 Å². The summed E-state index contributed by atoms with van der Waals surface area (Å²) in [5.74, 6) is -1.48. The minimum Gasteiger partial charge on any atom is -0.315 e. The molecule has 0 aliphatic carbocycles. The maximum atomic E-state index is 13.9. The molecule has 1 saturated heterocycles. The maximum Gasteiger partial charge on any atom is 0.162 e. The molecule has 2 aromatic carbocycles. The van der Waals surface area contributed by atoms with Crippen molar-refractivity contribution in [2.45, 2.75) is 18.8 Å². The van der Waals surface area contributed by atoms with E-state index in [9.17, 15) is 8.78 Å². The quantitative estimate of drug-likeness (QED) is 0.904. The second-order valence-electron chi connectivity index (χ2n) is 5.59. The lowest BCUT2D eigenvalue weighted by Crippen LogP contribution is -2.58. The standard InChI is InChI=1S/C17H17F2N/c1-12-5-2-3-7-14(12)17(10-20-11-17)9-13-6-4-8-15(18)16(13)19/h2-8,20H,9-11H2,1H3. The number of nitrogens with one attached hydrogen (secondary N) is 1. The van der Waals surface area contributed by atoms with E-state index in [1.54, 1.807) is 12.1 Å². The van der Waals surface area contributed by atoms with Gasteiger partial charge >= 0.3 is 0 Å². The third kappa shape index (κ3) is 2.12. The van der Waals surface area contributed by atoms with Crippen molar-refractivity contribution in [1.29, 1.82) is 0 Å². The maximum absolute atomic E-state index is 13.9. The van der Waals surface area contributed by atoms with Crippen molar-refractivity contribution in [3.8, 4) is 0 Å². The molecule has 1 N–H and O–H groups in total. The molecule has 3 heteroatoms. The van der Waals surface area contributed by atoms with Gasteiger partial charge in [0.05, 0.1) is 0 Å². The molecule has 0 saturated carbocycles. The number of benzene rings is 2. The number of aryl methyl sites for hydroxylation is 1. The lowest BCUT2D eigenvalue weighted by Gasteiger charge is -2.44. The first kappa shape index (κ1) is 13.3. The van der Waals surface area contributed by atoms with Crippen molar-refractivity contribution >= 4 is 0 Å². The molecule has 3 rings (SSSR count). The molecule has 1 heterocycles. The summed E-state index contributed by atoms with van der Waals surface area (Å²) in [5, 5.41) is 3.27. The van der Waals surface area contributed by atoms with Crippen LogP contribution in [0.3, 0.4) is 0 Å². The molecule has 104 valence electrons. The van der Waals surface area contributed by atoms with Gasteiger partial charge in [0, 0.05) is 18.5 Å². The second kappa shape index (κ2) is 4.98. The molecule has 0 bridgehead atoms. The van der Waals surface area contributed by atoms with Crippen LogP contribution >= 0.6 is 0 Å². The third-order valence-corrected chi connectivity index (χ3v) is 4.20. The van der Waals surface area contributed by atoms with Crippen LogP contribution in [0.5, 0.6) is 0 Å². The molecule has 1 fully saturated rings. The number of hydrogen-bond donors (Lipinski definition) is 1. The van der Waals surface area contributed by atoms with E-state index in [0.717, 1.165) is 19.2 Å². The third-order valence-electron chi connectivity index (χ3n) is 4.20. The zero-order valence-corrected chi connectivity index (χ0v) is 11.4. The van der Waals surface area contributed by atoms with Gasteiger partial charge in [-0.3, -0.25) is 0 Å². The summed E-state index contributed by atoms with van der Waals surface area (Å²) < 4.78 is 27.3. The van der Waals surface area contributed by atoms with Crippen LogP contribution in [0.2, 0.25) is 0 Å². The Kier molecular flexibility index (Phi) is 3.30. The minimum atomic E-state index is -0.769. The van der Waals surface area contributed by atoms with E-state index in [-0.39, 0.29) is 5.41 Å². The fourth-order valence-corrected chi connectivity index (χ4v) is 3.05. The summed E-state index contributed by atoms with van der Waals surface area (Å²) >= 11 is 0. The molecule has 2 aromatic rings. The highest BCUT2D eigenvalue weighted by molar-refractivity contribution is 5.39. The van der Waals surface area contributed by atoms with E-state index in [0.29, 0.717) is 12.0 Å². The Labute approximate surface area is 117 Å². The lowest BCUT2D eigenvalue weighted by molar-refractivity contribution is 0.270. The van der Waals surface area contributed by atoms with Crippen molar-refractivity contribution in [3.05, 3.63) is 70.8 Å². The van der Waals surface area contributed by atoms with Gasteiger partial charge in [0.15, 0.2) is 11.6 Å². The Morgan fingerprint density at radius 2 is 1.80 bits per heavy atom. The van der Waals surface area contributed by atoms with Gasteiger partial charge in [-0.15, -0.1) is 0 Å². The van der Waals surface area contributed by atoms with Gasteiger partial charge in [0.2, 0.25) is 0 Å². The van der Waals surface area contributed by atoms with Crippen LogP contribution in [-0.2, 0) is 11.8 Å². The average molecular weight is 273 g/mol. The molecule has 0 atom stereocenters.